The molecule has 0 unspecified atom stereocenters. The van der Waals surface area contributed by atoms with Crippen molar-refractivity contribution in [2.45, 2.75) is 24.9 Å². The van der Waals surface area contributed by atoms with Crippen LogP contribution in [0, 0.1) is 0 Å². The highest BCUT2D eigenvalue weighted by Crippen LogP contribution is 2.24. The number of hydrogen-bond donors (Lipinski definition) is 1. The first-order valence-electron chi connectivity index (χ1n) is 8.66. The van der Waals surface area contributed by atoms with Crippen LogP contribution in [-0.4, -0.2) is 72.3 Å². The van der Waals surface area contributed by atoms with E-state index in [1.165, 1.54) is 0 Å². The number of rotatable bonds is 3. The molecule has 0 aromatic heterocycles. The predicted octanol–water partition coefficient (Wildman–Crippen LogP) is 0.451. The van der Waals surface area contributed by atoms with Crippen molar-refractivity contribution in [2.75, 3.05) is 39.8 Å². The Morgan fingerprint density at radius 2 is 1.75 bits per heavy atom. The Labute approximate surface area is 143 Å². The van der Waals surface area contributed by atoms with E-state index in [0.717, 1.165) is 44.6 Å². The molecular formula is C18H26N4O2. The fourth-order valence-electron chi connectivity index (χ4n) is 3.51. The summed E-state index contributed by atoms with van der Waals surface area (Å²) in [5, 5.41) is 0. The Balaban J connectivity index is 1.68. The number of benzene rings is 1. The summed E-state index contributed by atoms with van der Waals surface area (Å²) in [6.07, 6.45) is 1.59. The largest absolute Gasteiger partial charge is 0.338 e. The Hall–Kier alpha value is -1.92. The standard InChI is InChI=1S/C18H26N4O2/c1-20-10-12-21(13-11-20)17(23)15-8-5-9-22(15)18(24)16(19)14-6-3-2-4-7-14/h2-4,6-7,15-16H,5,8-13,19H2,1H3/t15-,16+/m1/s1. The second-order valence-electron chi connectivity index (χ2n) is 6.71. The molecule has 2 aliphatic rings. The monoisotopic (exact) mass is 330 g/mol. The summed E-state index contributed by atoms with van der Waals surface area (Å²) in [5.74, 6) is -0.0691. The van der Waals surface area contributed by atoms with Crippen LogP contribution in [0.25, 0.3) is 0 Å². The minimum absolute atomic E-state index is 0.0780. The van der Waals surface area contributed by atoms with E-state index in [-0.39, 0.29) is 17.9 Å². The third-order valence-corrected chi connectivity index (χ3v) is 5.06. The zero-order chi connectivity index (χ0) is 17.1. The van der Waals surface area contributed by atoms with E-state index in [1.54, 1.807) is 4.90 Å². The molecule has 2 heterocycles. The number of amides is 2. The molecule has 130 valence electrons. The highest BCUT2D eigenvalue weighted by Gasteiger charge is 2.38. The maximum atomic E-state index is 12.9. The van der Waals surface area contributed by atoms with Gasteiger partial charge >= 0.3 is 0 Å². The lowest BCUT2D eigenvalue weighted by molar-refractivity contribution is -0.145. The van der Waals surface area contributed by atoms with Gasteiger partial charge in [-0.25, -0.2) is 0 Å². The molecule has 3 rings (SSSR count). The SMILES string of the molecule is CN1CCN(C(=O)[C@H]2CCCN2C(=O)[C@@H](N)c2ccccc2)CC1. The first kappa shape index (κ1) is 16.9. The number of piperazine rings is 1. The summed E-state index contributed by atoms with van der Waals surface area (Å²) in [7, 11) is 2.06. The van der Waals surface area contributed by atoms with E-state index in [2.05, 4.69) is 11.9 Å². The van der Waals surface area contributed by atoms with E-state index in [9.17, 15) is 9.59 Å². The lowest BCUT2D eigenvalue weighted by Gasteiger charge is -2.36. The molecule has 0 saturated carbocycles. The van der Waals surface area contributed by atoms with E-state index >= 15 is 0 Å². The number of nitrogens with two attached hydrogens (primary N) is 1. The third kappa shape index (κ3) is 3.44. The highest BCUT2D eigenvalue weighted by atomic mass is 16.2. The number of hydrogen-bond acceptors (Lipinski definition) is 4. The third-order valence-electron chi connectivity index (χ3n) is 5.06. The maximum Gasteiger partial charge on any atom is 0.245 e. The Bertz CT molecular complexity index is 584. The highest BCUT2D eigenvalue weighted by molar-refractivity contribution is 5.91. The van der Waals surface area contributed by atoms with Crippen molar-refractivity contribution in [3.63, 3.8) is 0 Å². The lowest BCUT2D eigenvalue weighted by atomic mass is 10.1. The molecule has 0 radical (unpaired) electrons. The maximum absolute atomic E-state index is 12.9. The van der Waals surface area contributed by atoms with Gasteiger partial charge in [-0.2, -0.15) is 0 Å². The van der Waals surface area contributed by atoms with Crippen molar-refractivity contribution in [2.24, 2.45) is 5.73 Å². The molecule has 24 heavy (non-hydrogen) atoms. The summed E-state index contributed by atoms with van der Waals surface area (Å²) in [5.41, 5.74) is 6.95. The van der Waals surface area contributed by atoms with Gasteiger partial charge in [-0.1, -0.05) is 30.3 Å². The molecule has 1 aromatic rings. The van der Waals surface area contributed by atoms with Crippen molar-refractivity contribution in [1.82, 2.24) is 14.7 Å². The normalized spacial score (nSPS) is 23.3. The van der Waals surface area contributed by atoms with Crippen LogP contribution >= 0.6 is 0 Å². The van der Waals surface area contributed by atoms with Crippen LogP contribution < -0.4 is 5.73 Å². The molecule has 2 amide bonds. The van der Waals surface area contributed by atoms with Gasteiger partial charge in [0.05, 0.1) is 0 Å². The van der Waals surface area contributed by atoms with Crippen LogP contribution in [0.15, 0.2) is 30.3 Å². The molecule has 0 aliphatic carbocycles. The molecule has 2 N–H and O–H groups in total. The molecule has 6 nitrogen and oxygen atoms in total. The number of carbonyl (C=O) groups is 2. The zero-order valence-electron chi connectivity index (χ0n) is 14.2. The van der Waals surface area contributed by atoms with Gasteiger partial charge in [0.1, 0.15) is 12.1 Å². The van der Waals surface area contributed by atoms with Crippen LogP contribution in [0.3, 0.4) is 0 Å². The minimum Gasteiger partial charge on any atom is -0.338 e. The van der Waals surface area contributed by atoms with Gasteiger partial charge in [-0.05, 0) is 25.5 Å². The molecule has 6 heteroatoms. The fourth-order valence-corrected chi connectivity index (χ4v) is 3.51. The molecule has 1 aromatic carbocycles. The number of likely N-dealkylation sites (tertiary alicyclic amines) is 1. The van der Waals surface area contributed by atoms with Gasteiger partial charge < -0.3 is 20.4 Å². The van der Waals surface area contributed by atoms with Crippen LogP contribution in [0.5, 0.6) is 0 Å². The van der Waals surface area contributed by atoms with Gasteiger partial charge in [-0.15, -0.1) is 0 Å². The van der Waals surface area contributed by atoms with Crippen molar-refractivity contribution in [1.29, 1.82) is 0 Å². The van der Waals surface area contributed by atoms with Crippen LogP contribution in [0.1, 0.15) is 24.4 Å². The van der Waals surface area contributed by atoms with Crippen LogP contribution in [0.2, 0.25) is 0 Å². The first-order valence-corrected chi connectivity index (χ1v) is 8.66. The van der Waals surface area contributed by atoms with Crippen molar-refractivity contribution in [3.05, 3.63) is 35.9 Å². The van der Waals surface area contributed by atoms with Gasteiger partial charge in [0.25, 0.3) is 0 Å². The molecule has 2 fully saturated rings. The predicted molar refractivity (Wildman–Crippen MR) is 92.2 cm³/mol. The molecule has 0 spiro atoms. The second kappa shape index (κ2) is 7.32. The fraction of sp³-hybridized carbons (Fsp3) is 0.556. The summed E-state index contributed by atoms with van der Waals surface area (Å²) in [4.78, 5) is 31.5. The number of likely N-dealkylation sites (N-methyl/N-ethyl adjacent to an activating group) is 1. The van der Waals surface area contributed by atoms with E-state index in [4.69, 9.17) is 5.73 Å². The molecule has 2 atom stereocenters. The topological polar surface area (TPSA) is 69.9 Å². The zero-order valence-corrected chi connectivity index (χ0v) is 14.2. The summed E-state index contributed by atoms with van der Waals surface area (Å²) >= 11 is 0. The first-order chi connectivity index (χ1) is 11.6. The quantitative estimate of drug-likeness (QED) is 0.874. The summed E-state index contributed by atoms with van der Waals surface area (Å²) in [6, 6.07) is 8.31. The number of carbonyl (C=O) groups excluding carboxylic acids is 2. The van der Waals surface area contributed by atoms with E-state index < -0.39 is 6.04 Å². The molecular weight excluding hydrogens is 304 g/mol. The van der Waals surface area contributed by atoms with Crippen molar-refractivity contribution in [3.8, 4) is 0 Å². The smallest absolute Gasteiger partial charge is 0.245 e. The second-order valence-corrected chi connectivity index (χ2v) is 6.71. The lowest BCUT2D eigenvalue weighted by Crippen LogP contribution is -2.54. The van der Waals surface area contributed by atoms with Gasteiger partial charge in [-0.3, -0.25) is 9.59 Å². The average molecular weight is 330 g/mol. The van der Waals surface area contributed by atoms with Gasteiger partial charge in [0.2, 0.25) is 11.8 Å². The van der Waals surface area contributed by atoms with E-state index in [1.807, 2.05) is 35.2 Å². The Morgan fingerprint density at radius 1 is 1.08 bits per heavy atom. The number of nitrogens with zero attached hydrogens (tertiary/aromatic N) is 3. The molecule has 2 saturated heterocycles. The Morgan fingerprint density at radius 3 is 2.42 bits per heavy atom. The summed E-state index contributed by atoms with van der Waals surface area (Å²) in [6.45, 7) is 3.85. The molecule has 2 aliphatic heterocycles. The van der Waals surface area contributed by atoms with Crippen molar-refractivity contribution < 1.29 is 9.59 Å². The average Bonchev–Trinajstić information content (AvgIpc) is 3.11. The van der Waals surface area contributed by atoms with Crippen LogP contribution in [-0.2, 0) is 9.59 Å². The van der Waals surface area contributed by atoms with E-state index in [0.29, 0.717) is 6.54 Å². The van der Waals surface area contributed by atoms with Crippen molar-refractivity contribution >= 4 is 11.8 Å². The molecule has 0 bridgehead atoms. The minimum atomic E-state index is -0.702. The summed E-state index contributed by atoms with van der Waals surface area (Å²) < 4.78 is 0. The van der Waals surface area contributed by atoms with Gasteiger partial charge in [0.15, 0.2) is 0 Å². The van der Waals surface area contributed by atoms with Crippen LogP contribution in [0.4, 0.5) is 0 Å². The Kier molecular flexibility index (Phi) is 5.16. The van der Waals surface area contributed by atoms with Gasteiger partial charge in [0, 0.05) is 32.7 Å².